The lowest BCUT2D eigenvalue weighted by Crippen LogP contribution is -2.01. The van der Waals surface area contributed by atoms with Crippen LogP contribution in [0.25, 0.3) is 0 Å². The van der Waals surface area contributed by atoms with E-state index in [-0.39, 0.29) is 12.0 Å². The van der Waals surface area contributed by atoms with Crippen LogP contribution < -0.4 is 10.5 Å². The summed E-state index contributed by atoms with van der Waals surface area (Å²) in [6.45, 7) is 2.04. The lowest BCUT2D eigenvalue weighted by atomic mass is 10.2. The fourth-order valence-corrected chi connectivity index (χ4v) is 1.95. The average molecular weight is 248 g/mol. The van der Waals surface area contributed by atoms with Crippen molar-refractivity contribution in [3.8, 4) is 6.01 Å². The summed E-state index contributed by atoms with van der Waals surface area (Å²) in [5.74, 6) is 0.159. The summed E-state index contributed by atoms with van der Waals surface area (Å²) in [5.41, 5.74) is 6.77. The molecule has 1 aromatic carbocycles. The minimum absolute atomic E-state index is 0.159. The molecule has 5 nitrogen and oxygen atoms in total. The molecule has 2 aromatic rings. The molecule has 88 valence electrons. The summed E-state index contributed by atoms with van der Waals surface area (Å²) in [6, 6.07) is 8.31. The van der Waals surface area contributed by atoms with Crippen LogP contribution in [0.3, 0.4) is 0 Å². The number of nitrogens with zero attached hydrogens (tertiary/aromatic N) is 3. The third-order valence-electron chi connectivity index (χ3n) is 2.02. The maximum Gasteiger partial charge on any atom is 0.321 e. The molecule has 0 bridgehead atoms. The predicted molar refractivity (Wildman–Crippen MR) is 66.1 cm³/mol. The second-order valence-electron chi connectivity index (χ2n) is 3.38. The van der Waals surface area contributed by atoms with Crippen LogP contribution in [0.2, 0.25) is 0 Å². The molecule has 0 saturated heterocycles. The second-order valence-corrected chi connectivity index (χ2v) is 4.42. The van der Waals surface area contributed by atoms with Gasteiger partial charge in [0.2, 0.25) is 11.1 Å². The number of ether oxygens (including phenoxy) is 1. The van der Waals surface area contributed by atoms with Crippen LogP contribution in [-0.2, 0) is 0 Å². The molecular formula is C11H12N4OS. The van der Waals surface area contributed by atoms with Crippen molar-refractivity contribution >= 4 is 17.7 Å². The van der Waals surface area contributed by atoms with Crippen LogP contribution in [0.5, 0.6) is 6.01 Å². The molecule has 2 N–H and O–H groups in total. The summed E-state index contributed by atoms with van der Waals surface area (Å²) in [5, 5.41) is 0.526. The number of benzene rings is 1. The molecule has 0 aliphatic carbocycles. The Bertz CT molecular complexity index is 515. The van der Waals surface area contributed by atoms with Crippen molar-refractivity contribution < 1.29 is 4.74 Å². The highest BCUT2D eigenvalue weighted by molar-refractivity contribution is 7.99. The fraction of sp³-hybridized carbons (Fsp3) is 0.182. The molecule has 1 heterocycles. The lowest BCUT2D eigenvalue weighted by molar-refractivity contribution is 0.374. The van der Waals surface area contributed by atoms with Gasteiger partial charge in [-0.3, -0.25) is 0 Å². The van der Waals surface area contributed by atoms with Crippen molar-refractivity contribution in [2.45, 2.75) is 17.0 Å². The summed E-state index contributed by atoms with van der Waals surface area (Å²) in [4.78, 5) is 13.0. The Kier molecular flexibility index (Phi) is 3.43. The van der Waals surface area contributed by atoms with Gasteiger partial charge in [0.15, 0.2) is 0 Å². The first kappa shape index (κ1) is 11.7. The standard InChI is InChI=1S/C11H12N4OS/c1-7-3-5-8(6-4-7)17-11-14-9(12)13-10(15-11)16-2/h3-6H,1-2H3,(H2,12,13,14,15). The van der Waals surface area contributed by atoms with E-state index in [0.29, 0.717) is 5.16 Å². The van der Waals surface area contributed by atoms with Crippen molar-refractivity contribution in [1.82, 2.24) is 15.0 Å². The van der Waals surface area contributed by atoms with Gasteiger partial charge in [-0.15, -0.1) is 0 Å². The molecule has 1 aromatic heterocycles. The van der Waals surface area contributed by atoms with Crippen LogP contribution in [0.4, 0.5) is 5.95 Å². The summed E-state index contributed by atoms with van der Waals surface area (Å²) in [7, 11) is 1.50. The van der Waals surface area contributed by atoms with E-state index in [9.17, 15) is 0 Å². The van der Waals surface area contributed by atoms with Gasteiger partial charge in [-0.25, -0.2) is 0 Å². The van der Waals surface area contributed by atoms with E-state index in [1.165, 1.54) is 24.4 Å². The molecule has 0 saturated carbocycles. The zero-order valence-corrected chi connectivity index (χ0v) is 10.4. The van der Waals surface area contributed by atoms with Crippen molar-refractivity contribution in [1.29, 1.82) is 0 Å². The van der Waals surface area contributed by atoms with Gasteiger partial charge in [-0.05, 0) is 30.8 Å². The highest BCUT2D eigenvalue weighted by atomic mass is 32.2. The molecule has 0 fully saturated rings. The van der Waals surface area contributed by atoms with Crippen LogP contribution in [0.1, 0.15) is 5.56 Å². The summed E-state index contributed by atoms with van der Waals surface area (Å²) < 4.78 is 4.94. The molecule has 0 unspecified atom stereocenters. The molecule has 17 heavy (non-hydrogen) atoms. The zero-order valence-electron chi connectivity index (χ0n) is 9.54. The van der Waals surface area contributed by atoms with Crippen molar-refractivity contribution in [2.24, 2.45) is 0 Å². The number of aryl methyl sites for hydroxylation is 1. The van der Waals surface area contributed by atoms with Crippen LogP contribution >= 0.6 is 11.8 Å². The highest BCUT2D eigenvalue weighted by Gasteiger charge is 2.06. The number of hydrogen-bond acceptors (Lipinski definition) is 6. The van der Waals surface area contributed by atoms with Gasteiger partial charge >= 0.3 is 6.01 Å². The van der Waals surface area contributed by atoms with E-state index < -0.39 is 0 Å². The largest absolute Gasteiger partial charge is 0.467 e. The number of methoxy groups -OCH3 is 1. The third kappa shape index (κ3) is 3.07. The number of nitrogen functional groups attached to an aromatic ring is 1. The molecule has 0 radical (unpaired) electrons. The van der Waals surface area contributed by atoms with E-state index in [2.05, 4.69) is 15.0 Å². The van der Waals surface area contributed by atoms with Crippen LogP contribution in [0, 0.1) is 6.92 Å². The number of aromatic nitrogens is 3. The van der Waals surface area contributed by atoms with E-state index in [1.807, 2.05) is 31.2 Å². The van der Waals surface area contributed by atoms with Crippen LogP contribution in [-0.4, -0.2) is 22.1 Å². The minimum Gasteiger partial charge on any atom is -0.467 e. The molecule has 0 amide bonds. The van der Waals surface area contributed by atoms with Crippen molar-refractivity contribution in [3.63, 3.8) is 0 Å². The van der Waals surface area contributed by atoms with Gasteiger partial charge in [0, 0.05) is 4.90 Å². The first-order valence-electron chi connectivity index (χ1n) is 4.97. The third-order valence-corrected chi connectivity index (χ3v) is 2.90. The fourth-order valence-electron chi connectivity index (χ4n) is 1.20. The molecule has 0 spiro atoms. The Morgan fingerprint density at radius 2 is 1.82 bits per heavy atom. The molecule has 2 rings (SSSR count). The maximum atomic E-state index is 5.56. The topological polar surface area (TPSA) is 73.9 Å². The normalized spacial score (nSPS) is 10.2. The number of anilines is 1. The number of rotatable bonds is 3. The number of nitrogens with two attached hydrogens (primary N) is 1. The first-order valence-corrected chi connectivity index (χ1v) is 5.79. The second kappa shape index (κ2) is 5.01. The van der Waals surface area contributed by atoms with E-state index in [0.717, 1.165) is 4.90 Å². The smallest absolute Gasteiger partial charge is 0.321 e. The van der Waals surface area contributed by atoms with E-state index in [1.54, 1.807) is 0 Å². The molecule has 0 aliphatic heterocycles. The van der Waals surface area contributed by atoms with Crippen molar-refractivity contribution in [3.05, 3.63) is 29.8 Å². The lowest BCUT2D eigenvalue weighted by Gasteiger charge is -2.03. The van der Waals surface area contributed by atoms with E-state index >= 15 is 0 Å². The summed E-state index contributed by atoms with van der Waals surface area (Å²) in [6.07, 6.45) is 0. The zero-order chi connectivity index (χ0) is 12.3. The number of hydrogen-bond donors (Lipinski definition) is 1. The monoisotopic (exact) mass is 248 g/mol. The quantitative estimate of drug-likeness (QED) is 0.894. The van der Waals surface area contributed by atoms with Gasteiger partial charge in [0.25, 0.3) is 0 Å². The molecule has 0 atom stereocenters. The van der Waals surface area contributed by atoms with Gasteiger partial charge in [0.1, 0.15) is 0 Å². The molecular weight excluding hydrogens is 236 g/mol. The Labute approximate surface area is 103 Å². The van der Waals surface area contributed by atoms with Gasteiger partial charge in [-0.1, -0.05) is 17.7 Å². The summed E-state index contributed by atoms with van der Waals surface area (Å²) >= 11 is 1.42. The van der Waals surface area contributed by atoms with Crippen molar-refractivity contribution in [2.75, 3.05) is 12.8 Å². The Morgan fingerprint density at radius 3 is 2.47 bits per heavy atom. The SMILES string of the molecule is COc1nc(N)nc(Sc2ccc(C)cc2)n1. The Hall–Kier alpha value is -1.82. The Balaban J connectivity index is 2.23. The highest BCUT2D eigenvalue weighted by Crippen LogP contribution is 2.25. The average Bonchev–Trinajstić information content (AvgIpc) is 2.31. The predicted octanol–water partition coefficient (Wildman–Crippen LogP) is 1.92. The molecule has 6 heteroatoms. The van der Waals surface area contributed by atoms with Gasteiger partial charge in [0.05, 0.1) is 7.11 Å². The van der Waals surface area contributed by atoms with Crippen LogP contribution in [0.15, 0.2) is 34.3 Å². The van der Waals surface area contributed by atoms with Gasteiger partial charge in [-0.2, -0.15) is 15.0 Å². The minimum atomic E-state index is 0.159. The Morgan fingerprint density at radius 1 is 1.12 bits per heavy atom. The first-order chi connectivity index (χ1) is 8.17. The van der Waals surface area contributed by atoms with E-state index in [4.69, 9.17) is 10.5 Å². The maximum absolute atomic E-state index is 5.56. The molecule has 0 aliphatic rings. The van der Waals surface area contributed by atoms with Gasteiger partial charge < -0.3 is 10.5 Å².